The summed E-state index contributed by atoms with van der Waals surface area (Å²) in [4.78, 5) is 13.7. The van der Waals surface area contributed by atoms with Crippen molar-refractivity contribution in [2.75, 3.05) is 0 Å². The van der Waals surface area contributed by atoms with Crippen LogP contribution in [0, 0.1) is 11.3 Å². The smallest absolute Gasteiger partial charge is 0.346 e. The molecule has 0 aliphatic heterocycles. The Hall–Kier alpha value is -2.54. The molecule has 2 N–H and O–H groups in total. The molecule has 0 radical (unpaired) electrons. The van der Waals surface area contributed by atoms with E-state index in [9.17, 15) is 4.79 Å². The number of aromatic nitrogens is 1. The number of nitrogens with one attached hydrogen (secondary N) is 1. The monoisotopic (exact) mass is 212 g/mol. The van der Waals surface area contributed by atoms with Crippen LogP contribution in [0.1, 0.15) is 5.56 Å². The maximum absolute atomic E-state index is 10.7. The quantitative estimate of drug-likeness (QED) is 0.591. The van der Waals surface area contributed by atoms with Crippen LogP contribution >= 0.6 is 0 Å². The number of hydrogen-bond acceptors (Lipinski definition) is 2. The predicted octanol–water partition coefficient (Wildman–Crippen LogP) is 2.16. The molecule has 0 atom stereocenters. The number of rotatable bonds is 2. The van der Waals surface area contributed by atoms with Crippen LogP contribution in [0.4, 0.5) is 0 Å². The minimum absolute atomic E-state index is 0.273. The molecule has 2 aromatic rings. The average Bonchev–Trinajstić information content (AvgIpc) is 2.69. The SMILES string of the molecule is N#C/C(=C/c1c[nH]c2ccccc12)C(=O)O. The lowest BCUT2D eigenvalue weighted by Crippen LogP contribution is -1.96. The van der Waals surface area contributed by atoms with E-state index >= 15 is 0 Å². The van der Waals surface area contributed by atoms with Gasteiger partial charge in [0.1, 0.15) is 11.6 Å². The third-order valence-corrected chi connectivity index (χ3v) is 2.27. The second-order valence-corrected chi connectivity index (χ2v) is 3.26. The Morgan fingerprint density at radius 3 is 2.88 bits per heavy atom. The molecule has 1 aromatic carbocycles. The van der Waals surface area contributed by atoms with Gasteiger partial charge in [-0.15, -0.1) is 0 Å². The molecule has 0 unspecified atom stereocenters. The number of carboxylic acid groups (broad SMARTS) is 1. The molecule has 0 saturated carbocycles. The van der Waals surface area contributed by atoms with Crippen molar-refractivity contribution in [3.05, 3.63) is 41.6 Å². The van der Waals surface area contributed by atoms with Gasteiger partial charge >= 0.3 is 5.97 Å². The Balaban J connectivity index is 2.57. The number of hydrogen-bond donors (Lipinski definition) is 2. The lowest BCUT2D eigenvalue weighted by atomic mass is 10.1. The van der Waals surface area contributed by atoms with E-state index in [0.717, 1.165) is 10.9 Å². The van der Waals surface area contributed by atoms with Crippen LogP contribution < -0.4 is 0 Å². The third-order valence-electron chi connectivity index (χ3n) is 2.27. The third kappa shape index (κ3) is 1.66. The summed E-state index contributed by atoms with van der Waals surface area (Å²) in [5.74, 6) is -1.22. The highest BCUT2D eigenvalue weighted by Crippen LogP contribution is 2.20. The molecule has 2 rings (SSSR count). The molecule has 78 valence electrons. The molecule has 0 saturated heterocycles. The Morgan fingerprint density at radius 2 is 2.19 bits per heavy atom. The minimum Gasteiger partial charge on any atom is -0.477 e. The van der Waals surface area contributed by atoms with Gasteiger partial charge in [-0.05, 0) is 12.1 Å². The highest BCUT2D eigenvalue weighted by molar-refractivity contribution is 6.00. The minimum atomic E-state index is -1.22. The first-order valence-corrected chi connectivity index (χ1v) is 4.63. The Kier molecular flexibility index (Phi) is 2.44. The van der Waals surface area contributed by atoms with Crippen molar-refractivity contribution < 1.29 is 9.90 Å². The van der Waals surface area contributed by atoms with Crippen LogP contribution in [-0.4, -0.2) is 16.1 Å². The molecule has 4 nitrogen and oxygen atoms in total. The van der Waals surface area contributed by atoms with Gasteiger partial charge in [0, 0.05) is 22.7 Å². The topological polar surface area (TPSA) is 76.9 Å². The van der Waals surface area contributed by atoms with Gasteiger partial charge in [0.15, 0.2) is 0 Å². The molecule has 0 aliphatic rings. The van der Waals surface area contributed by atoms with E-state index in [1.807, 2.05) is 24.3 Å². The van der Waals surface area contributed by atoms with Gasteiger partial charge in [-0.1, -0.05) is 18.2 Å². The molecule has 16 heavy (non-hydrogen) atoms. The molecular weight excluding hydrogens is 204 g/mol. The van der Waals surface area contributed by atoms with Gasteiger partial charge in [-0.3, -0.25) is 0 Å². The molecule has 4 heteroatoms. The summed E-state index contributed by atoms with van der Waals surface area (Å²) in [7, 11) is 0. The second-order valence-electron chi connectivity index (χ2n) is 3.26. The van der Waals surface area contributed by atoms with Gasteiger partial charge in [-0.2, -0.15) is 5.26 Å². The van der Waals surface area contributed by atoms with Crippen LogP contribution in [-0.2, 0) is 4.79 Å². The van der Waals surface area contributed by atoms with Crippen molar-refractivity contribution >= 4 is 22.9 Å². The van der Waals surface area contributed by atoms with Gasteiger partial charge in [0.2, 0.25) is 0 Å². The number of H-pyrrole nitrogens is 1. The molecule has 1 heterocycles. The molecule has 0 fully saturated rings. The maximum atomic E-state index is 10.7. The molecule has 0 amide bonds. The van der Waals surface area contributed by atoms with Crippen molar-refractivity contribution in [2.24, 2.45) is 0 Å². The Morgan fingerprint density at radius 1 is 1.44 bits per heavy atom. The maximum Gasteiger partial charge on any atom is 0.346 e. The largest absolute Gasteiger partial charge is 0.477 e. The number of fused-ring (bicyclic) bond motifs is 1. The number of carboxylic acids is 1. The number of para-hydroxylation sites is 1. The summed E-state index contributed by atoms with van der Waals surface area (Å²) in [6.45, 7) is 0. The molecule has 0 bridgehead atoms. The first kappa shape index (κ1) is 9.99. The van der Waals surface area contributed by atoms with E-state index in [0.29, 0.717) is 5.56 Å². The number of nitriles is 1. The summed E-state index contributed by atoms with van der Waals surface area (Å²) < 4.78 is 0. The number of aliphatic carboxylic acids is 1. The molecule has 0 spiro atoms. The zero-order chi connectivity index (χ0) is 11.5. The lowest BCUT2D eigenvalue weighted by molar-refractivity contribution is -0.132. The standard InChI is InChI=1S/C12H8N2O2/c13-6-8(12(15)16)5-9-7-14-11-4-2-1-3-10(9)11/h1-5,7,14H,(H,15,16)/b8-5-. The van der Waals surface area contributed by atoms with Gasteiger partial charge in [-0.25, -0.2) is 4.79 Å². The number of aromatic amines is 1. The summed E-state index contributed by atoms with van der Waals surface area (Å²) in [5, 5.41) is 18.3. The molecule has 1 aromatic heterocycles. The van der Waals surface area contributed by atoms with Gasteiger partial charge in [0.25, 0.3) is 0 Å². The lowest BCUT2D eigenvalue weighted by Gasteiger charge is -1.92. The van der Waals surface area contributed by atoms with Gasteiger partial charge < -0.3 is 10.1 Å². The highest BCUT2D eigenvalue weighted by Gasteiger charge is 2.07. The van der Waals surface area contributed by atoms with Crippen LogP contribution in [0.2, 0.25) is 0 Å². The van der Waals surface area contributed by atoms with E-state index < -0.39 is 5.97 Å². The van der Waals surface area contributed by atoms with Crippen molar-refractivity contribution in [1.29, 1.82) is 5.26 Å². The van der Waals surface area contributed by atoms with Crippen molar-refractivity contribution in [1.82, 2.24) is 4.98 Å². The van der Waals surface area contributed by atoms with E-state index in [1.165, 1.54) is 6.08 Å². The first-order valence-electron chi connectivity index (χ1n) is 4.63. The van der Waals surface area contributed by atoms with E-state index in [1.54, 1.807) is 12.3 Å². The average molecular weight is 212 g/mol. The fourth-order valence-electron chi connectivity index (χ4n) is 1.51. The normalized spacial score (nSPS) is 11.3. The van der Waals surface area contributed by atoms with Gasteiger partial charge in [0.05, 0.1) is 0 Å². The second kappa shape index (κ2) is 3.91. The van der Waals surface area contributed by atoms with E-state index in [-0.39, 0.29) is 5.57 Å². The van der Waals surface area contributed by atoms with Crippen LogP contribution in [0.25, 0.3) is 17.0 Å². The summed E-state index contributed by atoms with van der Waals surface area (Å²) in [5.41, 5.74) is 1.34. The van der Waals surface area contributed by atoms with Crippen LogP contribution in [0.3, 0.4) is 0 Å². The van der Waals surface area contributed by atoms with Crippen molar-refractivity contribution in [3.63, 3.8) is 0 Å². The molecule has 0 aliphatic carbocycles. The number of benzene rings is 1. The van der Waals surface area contributed by atoms with E-state index in [2.05, 4.69) is 4.98 Å². The summed E-state index contributed by atoms with van der Waals surface area (Å²) in [6, 6.07) is 9.16. The summed E-state index contributed by atoms with van der Waals surface area (Å²) in [6.07, 6.45) is 3.05. The molecular formula is C12H8N2O2. The Bertz CT molecular complexity index is 617. The van der Waals surface area contributed by atoms with Crippen molar-refractivity contribution in [2.45, 2.75) is 0 Å². The summed E-state index contributed by atoms with van der Waals surface area (Å²) >= 11 is 0. The zero-order valence-corrected chi connectivity index (χ0v) is 8.27. The van der Waals surface area contributed by atoms with Crippen LogP contribution in [0.15, 0.2) is 36.0 Å². The van der Waals surface area contributed by atoms with E-state index in [4.69, 9.17) is 10.4 Å². The predicted molar refractivity (Wildman–Crippen MR) is 59.5 cm³/mol. The zero-order valence-electron chi connectivity index (χ0n) is 8.27. The number of carbonyl (C=O) groups is 1. The number of nitrogens with zero attached hydrogens (tertiary/aromatic N) is 1. The fourth-order valence-corrected chi connectivity index (χ4v) is 1.51. The Labute approximate surface area is 91.4 Å². The van der Waals surface area contributed by atoms with Crippen LogP contribution in [0.5, 0.6) is 0 Å². The highest BCUT2D eigenvalue weighted by atomic mass is 16.4. The fraction of sp³-hybridized carbons (Fsp3) is 0. The first-order chi connectivity index (χ1) is 7.72. The van der Waals surface area contributed by atoms with Crippen molar-refractivity contribution in [3.8, 4) is 6.07 Å².